The van der Waals surface area contributed by atoms with Crippen LogP contribution in [0.25, 0.3) is 0 Å². The van der Waals surface area contributed by atoms with Gasteiger partial charge in [0.2, 0.25) is 0 Å². The Morgan fingerprint density at radius 1 is 1.67 bits per heavy atom. The van der Waals surface area contributed by atoms with Gasteiger partial charge in [0, 0.05) is 13.0 Å². The lowest BCUT2D eigenvalue weighted by Gasteiger charge is -2.22. The van der Waals surface area contributed by atoms with Gasteiger partial charge < -0.3 is 15.3 Å². The molecule has 0 aliphatic heterocycles. The molecule has 0 aliphatic carbocycles. The minimum absolute atomic E-state index is 0.0903. The topological polar surface area (TPSA) is 61.7 Å². The number of hydrogen-bond acceptors (Lipinski definition) is 3. The molecule has 0 aromatic carbocycles. The second kappa shape index (κ2) is 4.74. The van der Waals surface area contributed by atoms with Crippen molar-refractivity contribution in [1.82, 2.24) is 5.32 Å². The van der Waals surface area contributed by atoms with Crippen molar-refractivity contribution in [2.24, 2.45) is 10.6 Å². The Morgan fingerprint density at radius 3 is 2.67 bits per heavy atom. The quantitative estimate of drug-likeness (QED) is 0.281. The second-order valence-corrected chi connectivity index (χ2v) is 3.67. The molecule has 12 heavy (non-hydrogen) atoms. The van der Waals surface area contributed by atoms with E-state index in [1.54, 1.807) is 6.92 Å². The number of carbonyl (C=O) groups is 1. The third-order valence-corrected chi connectivity index (χ3v) is 1.46. The molecule has 0 unspecified atom stereocenters. The molecule has 0 amide bonds. The summed E-state index contributed by atoms with van der Waals surface area (Å²) in [6.07, 6.45) is 1.74. The minimum atomic E-state index is -0.0903. The Morgan fingerprint density at radius 2 is 2.25 bits per heavy atom. The number of oxime groups is 1. The Labute approximate surface area is 72.6 Å². The minimum Gasteiger partial charge on any atom is -0.410 e. The van der Waals surface area contributed by atoms with E-state index in [1.165, 1.54) is 6.34 Å². The van der Waals surface area contributed by atoms with E-state index < -0.39 is 0 Å². The highest BCUT2D eigenvalue weighted by Crippen LogP contribution is 2.18. The van der Waals surface area contributed by atoms with Gasteiger partial charge >= 0.3 is 0 Å². The van der Waals surface area contributed by atoms with Gasteiger partial charge in [-0.3, -0.25) is 0 Å². The first-order valence-electron chi connectivity index (χ1n) is 3.87. The Bertz CT molecular complexity index is 176. The summed E-state index contributed by atoms with van der Waals surface area (Å²) in [5.74, 6) is 0.169. The SMILES string of the molecule is CC(=O)CC(C)(C)CNC=NO. The molecule has 70 valence electrons. The summed E-state index contributed by atoms with van der Waals surface area (Å²) in [7, 11) is 0. The van der Waals surface area contributed by atoms with E-state index in [-0.39, 0.29) is 11.2 Å². The van der Waals surface area contributed by atoms with Crippen LogP contribution in [0, 0.1) is 5.41 Å². The lowest BCUT2D eigenvalue weighted by Crippen LogP contribution is -2.30. The normalized spacial score (nSPS) is 11.9. The highest BCUT2D eigenvalue weighted by molar-refractivity contribution is 5.76. The molecular formula is C8H16N2O2. The van der Waals surface area contributed by atoms with Gasteiger partial charge in [0.25, 0.3) is 0 Å². The van der Waals surface area contributed by atoms with Crippen LogP contribution >= 0.6 is 0 Å². The number of Topliss-reactive ketones (excluding diaryl/α,β-unsaturated/α-hetero) is 1. The van der Waals surface area contributed by atoms with Crippen molar-refractivity contribution in [2.75, 3.05) is 6.54 Å². The molecule has 0 atom stereocenters. The van der Waals surface area contributed by atoms with Gasteiger partial charge in [-0.2, -0.15) is 0 Å². The molecular weight excluding hydrogens is 156 g/mol. The van der Waals surface area contributed by atoms with Crippen LogP contribution in [0.1, 0.15) is 27.2 Å². The highest BCUT2D eigenvalue weighted by Gasteiger charge is 2.18. The van der Waals surface area contributed by atoms with Crippen LogP contribution in [0.2, 0.25) is 0 Å². The predicted molar refractivity (Wildman–Crippen MR) is 47.4 cm³/mol. The molecule has 2 N–H and O–H groups in total. The molecule has 0 heterocycles. The fourth-order valence-electron chi connectivity index (χ4n) is 1.10. The largest absolute Gasteiger partial charge is 0.410 e. The van der Waals surface area contributed by atoms with Crippen molar-refractivity contribution in [3.8, 4) is 0 Å². The van der Waals surface area contributed by atoms with E-state index >= 15 is 0 Å². The first-order chi connectivity index (χ1) is 5.48. The van der Waals surface area contributed by atoms with Gasteiger partial charge in [0.15, 0.2) is 0 Å². The third kappa shape index (κ3) is 5.70. The number of hydrogen-bond donors (Lipinski definition) is 2. The van der Waals surface area contributed by atoms with Crippen molar-refractivity contribution < 1.29 is 10.0 Å². The lowest BCUT2D eigenvalue weighted by molar-refractivity contribution is -0.118. The van der Waals surface area contributed by atoms with Crippen molar-refractivity contribution in [3.05, 3.63) is 0 Å². The standard InChI is InChI=1S/C8H16N2O2/c1-7(11)4-8(2,3)5-9-6-10-12/h6,12H,4-5H2,1-3H3,(H,9,10). The summed E-state index contributed by atoms with van der Waals surface area (Å²) in [5.41, 5.74) is -0.0903. The Balaban J connectivity index is 3.78. The van der Waals surface area contributed by atoms with Gasteiger partial charge in [0.05, 0.1) is 0 Å². The van der Waals surface area contributed by atoms with Gasteiger partial charge in [0.1, 0.15) is 12.1 Å². The first kappa shape index (κ1) is 10.9. The maximum Gasteiger partial charge on any atom is 0.130 e. The average molecular weight is 172 g/mol. The van der Waals surface area contributed by atoms with Crippen LogP contribution in [-0.2, 0) is 4.79 Å². The van der Waals surface area contributed by atoms with Crippen LogP contribution in [0.5, 0.6) is 0 Å². The van der Waals surface area contributed by atoms with E-state index in [0.717, 1.165) is 0 Å². The number of carbonyl (C=O) groups excluding carboxylic acids is 1. The predicted octanol–water partition coefficient (Wildman–Crippen LogP) is 0.999. The zero-order chi connectivity index (χ0) is 9.61. The maximum atomic E-state index is 10.8. The number of nitrogens with zero attached hydrogens (tertiary/aromatic N) is 1. The van der Waals surface area contributed by atoms with Crippen molar-refractivity contribution >= 4 is 12.1 Å². The molecule has 0 aromatic heterocycles. The first-order valence-corrected chi connectivity index (χ1v) is 3.87. The molecule has 0 fully saturated rings. The molecule has 0 spiro atoms. The van der Waals surface area contributed by atoms with E-state index in [1.807, 2.05) is 13.8 Å². The average Bonchev–Trinajstić information content (AvgIpc) is 1.84. The fraction of sp³-hybridized carbons (Fsp3) is 0.750. The fourth-order valence-corrected chi connectivity index (χ4v) is 1.10. The third-order valence-electron chi connectivity index (χ3n) is 1.46. The molecule has 0 bridgehead atoms. The molecule has 0 aliphatic rings. The van der Waals surface area contributed by atoms with Crippen LogP contribution in [-0.4, -0.2) is 23.9 Å². The second-order valence-electron chi connectivity index (χ2n) is 3.67. The van der Waals surface area contributed by atoms with Crippen molar-refractivity contribution in [2.45, 2.75) is 27.2 Å². The molecule has 0 radical (unpaired) electrons. The zero-order valence-corrected chi connectivity index (χ0v) is 7.79. The molecule has 0 saturated carbocycles. The maximum absolute atomic E-state index is 10.8. The van der Waals surface area contributed by atoms with E-state index in [2.05, 4.69) is 10.5 Å². The molecule has 0 saturated heterocycles. The Kier molecular flexibility index (Phi) is 4.33. The zero-order valence-electron chi connectivity index (χ0n) is 7.79. The number of ketones is 1. The molecule has 4 nitrogen and oxygen atoms in total. The summed E-state index contributed by atoms with van der Waals surface area (Å²) in [6, 6.07) is 0. The van der Waals surface area contributed by atoms with E-state index in [4.69, 9.17) is 5.21 Å². The Hall–Kier alpha value is -1.06. The number of rotatable bonds is 5. The summed E-state index contributed by atoms with van der Waals surface area (Å²) in [5, 5.41) is 13.7. The molecule has 0 rings (SSSR count). The molecule has 4 heteroatoms. The number of nitrogens with one attached hydrogen (secondary N) is 1. The van der Waals surface area contributed by atoms with E-state index in [0.29, 0.717) is 13.0 Å². The summed E-state index contributed by atoms with van der Waals surface area (Å²) >= 11 is 0. The van der Waals surface area contributed by atoms with Crippen LogP contribution in [0.3, 0.4) is 0 Å². The summed E-state index contributed by atoms with van der Waals surface area (Å²) in [6.45, 7) is 6.15. The van der Waals surface area contributed by atoms with Crippen molar-refractivity contribution in [1.29, 1.82) is 0 Å². The smallest absolute Gasteiger partial charge is 0.130 e. The monoisotopic (exact) mass is 172 g/mol. The molecule has 0 aromatic rings. The van der Waals surface area contributed by atoms with Crippen molar-refractivity contribution in [3.63, 3.8) is 0 Å². The van der Waals surface area contributed by atoms with Crippen LogP contribution in [0.15, 0.2) is 5.16 Å². The lowest BCUT2D eigenvalue weighted by atomic mass is 9.88. The summed E-state index contributed by atoms with van der Waals surface area (Å²) in [4.78, 5) is 10.8. The van der Waals surface area contributed by atoms with Gasteiger partial charge in [-0.25, -0.2) is 0 Å². The van der Waals surface area contributed by atoms with Gasteiger partial charge in [-0.15, -0.1) is 0 Å². The summed E-state index contributed by atoms with van der Waals surface area (Å²) < 4.78 is 0. The van der Waals surface area contributed by atoms with Crippen LogP contribution < -0.4 is 5.32 Å². The van der Waals surface area contributed by atoms with Gasteiger partial charge in [-0.1, -0.05) is 19.0 Å². The highest BCUT2D eigenvalue weighted by atomic mass is 16.4. The van der Waals surface area contributed by atoms with Crippen LogP contribution in [0.4, 0.5) is 0 Å². The van der Waals surface area contributed by atoms with Gasteiger partial charge in [-0.05, 0) is 12.3 Å². The van der Waals surface area contributed by atoms with E-state index in [9.17, 15) is 4.79 Å².